The van der Waals surface area contributed by atoms with Gasteiger partial charge in [0.2, 0.25) is 100 Å². The molecule has 0 aromatic carbocycles. The van der Waals surface area contributed by atoms with E-state index in [1.807, 2.05) is 5.32 Å². The van der Waals surface area contributed by atoms with Crippen molar-refractivity contribution in [1.82, 2.24) is 83.4 Å². The first-order valence-corrected chi connectivity index (χ1v) is 38.7. The standard InChI is InChI=1S/C69H107N21O27S/c1-33(2)55(64(112)77-30-49(94)80-37(14-18-51(96)97)58(106)83-39(16-20-53(100)101)59(107)84-40(68(116)117)17-21-54(102)103)86-60(108)38(15-19-52(98)99)81-48(93)29-75-57(105)36(9-4-22-74-69(72)73)82-56(104)34(3)79-47(92)28-76-61(109)43-11-6-26-90(43)67(115)45-13-8-23-87(45)50(95)31-78-62(110)42-10-5-25-89(42)66(114)41(27-46(71)91)85-63(111)44-12-7-24-88(44)65(113)35(70)32-118/h33-45,55,118H,4-32,70H2,1-3H3,(H2,71,91)(H,75,105)(H,76,109)(H,77,112)(H,78,110)(H,79,92)(H,80,94)(H,81,93)(H,82,104)(H,83,106)(H,84,107)(H,85,111)(H,86,108)(H,96,97)(H,98,99)(H,100,101)(H,102,103)(H,116,117)(H4,72,73,74)/t34-,35-,36-,37-,38-,39-,40-,41-,42-,43-,44-,45-,55-/m0/s1. The van der Waals surface area contributed by atoms with Crippen molar-refractivity contribution in [2.24, 2.45) is 33.8 Å². The van der Waals surface area contributed by atoms with Gasteiger partial charge in [0, 0.05) is 64.2 Å². The zero-order valence-electron chi connectivity index (χ0n) is 65.3. The normalized spacial score (nSPS) is 18.4. The van der Waals surface area contributed by atoms with Crippen molar-refractivity contribution in [1.29, 1.82) is 0 Å². The number of guanidine groups is 1. The van der Waals surface area contributed by atoms with Crippen LogP contribution in [-0.4, -0.2) is 325 Å². The fraction of sp³-hybridized carbons (Fsp3) is 0.667. The van der Waals surface area contributed by atoms with Crippen LogP contribution >= 0.6 is 12.6 Å². The molecular weight excluding hydrogens is 1590 g/mol. The van der Waals surface area contributed by atoms with E-state index >= 15 is 0 Å². The van der Waals surface area contributed by atoms with Crippen LogP contribution in [0.15, 0.2) is 4.99 Å². The van der Waals surface area contributed by atoms with E-state index in [1.165, 1.54) is 40.4 Å². The molecule has 4 heterocycles. The highest BCUT2D eigenvalue weighted by atomic mass is 32.1. The van der Waals surface area contributed by atoms with Crippen LogP contribution in [0.4, 0.5) is 0 Å². The van der Waals surface area contributed by atoms with Crippen LogP contribution in [0.25, 0.3) is 0 Å². The summed E-state index contributed by atoms with van der Waals surface area (Å²) in [4.78, 5) is 296. The van der Waals surface area contributed by atoms with Gasteiger partial charge in [-0.05, 0) is 103 Å². The van der Waals surface area contributed by atoms with E-state index < -0.39 is 299 Å². The van der Waals surface area contributed by atoms with Crippen molar-refractivity contribution in [3.05, 3.63) is 0 Å². The molecule has 0 saturated carbocycles. The zero-order valence-corrected chi connectivity index (χ0v) is 66.2. The Hall–Kier alpha value is -12.1. The van der Waals surface area contributed by atoms with E-state index in [9.17, 15) is 126 Å². The summed E-state index contributed by atoms with van der Waals surface area (Å²) in [6.45, 7) is 1.20. The molecule has 17 amide bonds. The Bertz CT molecular complexity index is 3770. The molecule has 0 bridgehead atoms. The number of aliphatic imine (C=N–C) groups is 1. The van der Waals surface area contributed by atoms with Crippen molar-refractivity contribution < 1.29 is 131 Å². The summed E-state index contributed by atoms with van der Waals surface area (Å²) >= 11 is 4.07. The number of aliphatic carboxylic acids is 5. The van der Waals surface area contributed by atoms with Gasteiger partial charge in [0.1, 0.15) is 72.5 Å². The average molecular weight is 1690 g/mol. The third kappa shape index (κ3) is 32.2. The predicted molar refractivity (Wildman–Crippen MR) is 408 cm³/mol. The number of carbonyl (C=O) groups is 22. The van der Waals surface area contributed by atoms with Gasteiger partial charge >= 0.3 is 29.8 Å². The van der Waals surface area contributed by atoms with Gasteiger partial charge in [-0.3, -0.25) is 106 Å². The molecule has 4 aliphatic heterocycles. The zero-order chi connectivity index (χ0) is 88.4. The van der Waals surface area contributed by atoms with Gasteiger partial charge in [0.25, 0.3) is 0 Å². The molecule has 13 atom stereocenters. The Balaban J connectivity index is 1.33. The lowest BCUT2D eigenvalue weighted by Crippen LogP contribution is -2.58. The van der Waals surface area contributed by atoms with E-state index in [2.05, 4.69) is 76.1 Å². The van der Waals surface area contributed by atoms with Crippen molar-refractivity contribution in [3.8, 4) is 0 Å². The smallest absolute Gasteiger partial charge is 0.326 e. The summed E-state index contributed by atoms with van der Waals surface area (Å²) in [5.74, 6) is -24.4. The SMILES string of the molecule is CC(C)[C@H](NC(=O)[C@H](CCC(=O)O)NC(=O)CNC(=O)[C@H](CCCN=C(N)N)NC(=O)[C@H](C)NC(=O)CNC(=O)[C@@H]1CCCN1C(=O)[C@@H]1CCCN1C(=O)CNC(=O)[C@@H]1CCCN1C(=O)[C@H](CC(N)=O)NC(=O)[C@@H]1CCCN1C(=O)[C@@H](N)CS)C(=O)NCC(=O)N[C@@H](CCC(=O)O)C(=O)N[C@@H](CCC(=O)O)C(=O)N[C@@H](CCC(=O)O)C(=O)O. The molecule has 4 rings (SSSR count). The second kappa shape index (κ2) is 48.5. The van der Waals surface area contributed by atoms with Crippen LogP contribution < -0.4 is 86.7 Å². The molecule has 0 aromatic heterocycles. The molecule has 49 heteroatoms. The van der Waals surface area contributed by atoms with Crippen LogP contribution in [0.1, 0.15) is 143 Å². The fourth-order valence-corrected chi connectivity index (χ4v) is 13.4. The fourth-order valence-electron chi connectivity index (χ4n) is 13.2. The van der Waals surface area contributed by atoms with Gasteiger partial charge in [-0.1, -0.05) is 13.8 Å². The lowest BCUT2D eigenvalue weighted by Gasteiger charge is -2.32. The summed E-state index contributed by atoms with van der Waals surface area (Å²) in [6, 6.07) is -18.5. The summed E-state index contributed by atoms with van der Waals surface area (Å²) < 4.78 is 0. The Morgan fingerprint density at radius 2 is 0.814 bits per heavy atom. The molecule has 0 aromatic rings. The number of amides is 17. The van der Waals surface area contributed by atoms with Crippen LogP contribution in [0, 0.1) is 5.92 Å². The molecule has 4 aliphatic rings. The van der Waals surface area contributed by atoms with E-state index in [1.54, 1.807) is 0 Å². The first-order valence-electron chi connectivity index (χ1n) is 38.1. The monoisotopic (exact) mass is 1690 g/mol. The molecule has 0 unspecified atom stereocenters. The number of thiol groups is 1. The predicted octanol–water partition coefficient (Wildman–Crippen LogP) is -10.3. The van der Waals surface area contributed by atoms with Gasteiger partial charge in [-0.2, -0.15) is 12.6 Å². The topological polar surface area (TPSA) is 750 Å². The minimum atomic E-state index is -1.83. The Morgan fingerprint density at radius 1 is 0.415 bits per heavy atom. The number of hydrogen-bond acceptors (Lipinski definition) is 25. The van der Waals surface area contributed by atoms with Gasteiger partial charge in [0.05, 0.1) is 38.6 Å². The van der Waals surface area contributed by atoms with E-state index in [0.717, 1.165) is 0 Å². The summed E-state index contributed by atoms with van der Waals surface area (Å²) in [5.41, 5.74) is 22.3. The average Bonchev–Trinajstić information content (AvgIpc) is 1.66. The molecule has 4 saturated heterocycles. The molecule has 656 valence electrons. The maximum atomic E-state index is 14.2. The molecule has 118 heavy (non-hydrogen) atoms. The molecular formula is C69H107N21O27S. The number of likely N-dealkylation sites (tertiary alicyclic amines) is 4. The summed E-state index contributed by atoms with van der Waals surface area (Å²) in [5, 5.41) is 74.4. The van der Waals surface area contributed by atoms with Crippen molar-refractivity contribution >= 4 is 149 Å². The van der Waals surface area contributed by atoms with E-state index in [-0.39, 0.29) is 83.0 Å². The molecule has 0 spiro atoms. The third-order valence-corrected chi connectivity index (χ3v) is 19.7. The number of carboxylic acids is 5. The first-order chi connectivity index (χ1) is 55.5. The lowest BCUT2D eigenvalue weighted by atomic mass is 10.0. The Labute approximate surface area is 680 Å². The number of hydrogen-bond donors (Lipinski definition) is 22. The number of nitrogens with one attached hydrogen (secondary N) is 12. The van der Waals surface area contributed by atoms with Gasteiger partial charge in [-0.15, -0.1) is 0 Å². The van der Waals surface area contributed by atoms with Crippen LogP contribution in [0.3, 0.4) is 0 Å². The second-order valence-corrected chi connectivity index (χ2v) is 29.0. The highest BCUT2D eigenvalue weighted by Crippen LogP contribution is 2.27. The van der Waals surface area contributed by atoms with Crippen LogP contribution in [0.2, 0.25) is 0 Å². The molecule has 0 radical (unpaired) electrons. The largest absolute Gasteiger partial charge is 0.481 e. The van der Waals surface area contributed by atoms with E-state index in [0.29, 0.717) is 25.7 Å². The van der Waals surface area contributed by atoms with E-state index in [4.69, 9.17) is 28.0 Å². The molecule has 48 nitrogen and oxygen atoms in total. The van der Waals surface area contributed by atoms with Gasteiger partial charge in [-0.25, -0.2) is 4.79 Å². The number of carbonyl (C=O) groups excluding carboxylic acids is 17. The van der Waals surface area contributed by atoms with Crippen molar-refractivity contribution in [2.45, 2.75) is 221 Å². The maximum absolute atomic E-state index is 14.2. The Morgan fingerprint density at radius 3 is 1.30 bits per heavy atom. The lowest BCUT2D eigenvalue weighted by molar-refractivity contribution is -0.147. The number of carboxylic acid groups (broad SMARTS) is 5. The van der Waals surface area contributed by atoms with Crippen molar-refractivity contribution in [2.75, 3.05) is 64.7 Å². The number of nitrogens with two attached hydrogens (primary N) is 4. The van der Waals surface area contributed by atoms with Crippen molar-refractivity contribution in [3.63, 3.8) is 0 Å². The highest BCUT2D eigenvalue weighted by Gasteiger charge is 2.45. The molecule has 4 fully saturated rings. The highest BCUT2D eigenvalue weighted by molar-refractivity contribution is 7.80. The van der Waals surface area contributed by atoms with Gasteiger partial charge in [0.15, 0.2) is 5.96 Å². The minimum Gasteiger partial charge on any atom is -0.481 e. The maximum Gasteiger partial charge on any atom is 0.326 e. The minimum absolute atomic E-state index is 0.0109. The Kier molecular flexibility index (Phi) is 40.4. The number of rotatable bonds is 49. The second-order valence-electron chi connectivity index (χ2n) is 28.7. The number of nitrogens with zero attached hydrogens (tertiary/aromatic N) is 5. The molecule has 0 aliphatic carbocycles. The first kappa shape index (κ1) is 98.3. The third-order valence-electron chi connectivity index (χ3n) is 19.3. The van der Waals surface area contributed by atoms with Crippen LogP contribution in [0.5, 0.6) is 0 Å². The van der Waals surface area contributed by atoms with Crippen LogP contribution in [-0.2, 0) is 105 Å². The molecule has 25 N–H and O–H groups in total. The van der Waals surface area contributed by atoms with Gasteiger partial charge < -0.3 is 132 Å². The summed E-state index contributed by atoms with van der Waals surface area (Å²) in [6.07, 6.45) is -4.21. The summed E-state index contributed by atoms with van der Waals surface area (Å²) in [7, 11) is 0. The number of primary amides is 1. The quantitative estimate of drug-likeness (QED) is 0.0116.